The molecule has 0 saturated carbocycles. The molecule has 4 aliphatic heterocycles. The topological polar surface area (TPSA) is 127 Å². The van der Waals surface area contributed by atoms with Gasteiger partial charge in [-0.3, -0.25) is 9.59 Å². The number of carbonyl (C=O) groups excluding carboxylic acids is 3. The summed E-state index contributed by atoms with van der Waals surface area (Å²) in [5.74, 6) is -4.65. The number of rotatable bonds is 7. The number of ether oxygens (including phenoxy) is 6. The lowest BCUT2D eigenvalue weighted by Crippen LogP contribution is -2.51. The highest BCUT2D eigenvalue weighted by Crippen LogP contribution is 2.49. The lowest BCUT2D eigenvalue weighted by Gasteiger charge is -2.41. The number of aliphatic hydroxyl groups is 1. The molecule has 8 atom stereocenters. The minimum absolute atomic E-state index is 0.0477. The minimum Gasteiger partial charge on any atom is -0.465 e. The molecule has 0 aliphatic carbocycles. The van der Waals surface area contributed by atoms with Crippen LogP contribution in [0.1, 0.15) is 46.5 Å². The van der Waals surface area contributed by atoms with Crippen molar-refractivity contribution in [3.8, 4) is 0 Å². The van der Waals surface area contributed by atoms with Gasteiger partial charge >= 0.3 is 17.9 Å². The van der Waals surface area contributed by atoms with Gasteiger partial charge in [0.05, 0.1) is 36.9 Å². The third-order valence-corrected chi connectivity index (χ3v) is 7.07. The van der Waals surface area contributed by atoms with Crippen molar-refractivity contribution >= 4 is 17.9 Å². The summed E-state index contributed by atoms with van der Waals surface area (Å²) in [7, 11) is 0. The van der Waals surface area contributed by atoms with Crippen LogP contribution in [0.2, 0.25) is 0 Å². The SMILES string of the molecule is C=C(C)C(=O)OCC1CC(OC(C)(O)C2CCOC2=O)[C@H]2CC(C)(C3CCOC3=O)OC2O1. The second-order valence-electron chi connectivity index (χ2n) is 9.77. The first-order valence-electron chi connectivity index (χ1n) is 11.4. The van der Waals surface area contributed by atoms with Gasteiger partial charge in [-0.2, -0.15) is 0 Å². The van der Waals surface area contributed by atoms with Crippen LogP contribution in [0.3, 0.4) is 0 Å². The number of fused-ring (bicyclic) bond motifs is 1. The van der Waals surface area contributed by atoms with Gasteiger partial charge in [-0.15, -0.1) is 0 Å². The summed E-state index contributed by atoms with van der Waals surface area (Å²) in [6, 6.07) is 0. The van der Waals surface area contributed by atoms with Crippen molar-refractivity contribution in [2.24, 2.45) is 17.8 Å². The Labute approximate surface area is 192 Å². The quantitative estimate of drug-likeness (QED) is 0.252. The Kier molecular flexibility index (Phi) is 6.56. The van der Waals surface area contributed by atoms with E-state index in [0.717, 1.165) is 0 Å². The standard InChI is InChI=1S/C23H32O10/c1-12(2)18(24)30-11-13-9-17(32-23(4,27)16-6-8-29-20(16)26)14-10-22(3,33-21(14)31-13)15-5-7-28-19(15)25/h13-17,21,27H,1,5-11H2,2-4H3/t13?,14-,15?,16?,17?,21?,22?,23?/m1/s1. The largest absolute Gasteiger partial charge is 0.465 e. The molecule has 184 valence electrons. The van der Waals surface area contributed by atoms with Gasteiger partial charge in [0.2, 0.25) is 0 Å². The van der Waals surface area contributed by atoms with Gasteiger partial charge < -0.3 is 33.5 Å². The zero-order valence-electron chi connectivity index (χ0n) is 19.2. The molecule has 0 spiro atoms. The van der Waals surface area contributed by atoms with E-state index in [1.807, 2.05) is 6.92 Å². The first kappa shape index (κ1) is 24.1. The number of cyclic esters (lactones) is 2. The zero-order valence-corrected chi connectivity index (χ0v) is 19.2. The van der Waals surface area contributed by atoms with Crippen molar-refractivity contribution in [3.05, 3.63) is 12.2 Å². The number of hydrogen-bond acceptors (Lipinski definition) is 10. The van der Waals surface area contributed by atoms with E-state index >= 15 is 0 Å². The van der Waals surface area contributed by atoms with Crippen LogP contribution >= 0.6 is 0 Å². The highest BCUT2D eigenvalue weighted by atomic mass is 16.7. The summed E-state index contributed by atoms with van der Waals surface area (Å²) < 4.78 is 33.9. The molecule has 4 heterocycles. The van der Waals surface area contributed by atoms with Gasteiger partial charge in [0.25, 0.3) is 0 Å². The fourth-order valence-corrected chi connectivity index (χ4v) is 5.26. The highest BCUT2D eigenvalue weighted by molar-refractivity contribution is 5.86. The fourth-order valence-electron chi connectivity index (χ4n) is 5.26. The van der Waals surface area contributed by atoms with Crippen molar-refractivity contribution in [1.82, 2.24) is 0 Å². The van der Waals surface area contributed by atoms with Gasteiger partial charge in [-0.1, -0.05) is 6.58 Å². The fraction of sp³-hybridized carbons (Fsp3) is 0.783. The summed E-state index contributed by atoms with van der Waals surface area (Å²) in [5.41, 5.74) is -0.560. The Hall–Kier alpha value is -2.01. The molecule has 0 amide bonds. The van der Waals surface area contributed by atoms with Crippen molar-refractivity contribution in [3.63, 3.8) is 0 Å². The van der Waals surface area contributed by atoms with E-state index in [0.29, 0.717) is 32.3 Å². The van der Waals surface area contributed by atoms with Gasteiger partial charge in [-0.05, 0) is 33.6 Å². The van der Waals surface area contributed by atoms with Crippen LogP contribution in [0.4, 0.5) is 0 Å². The maximum absolute atomic E-state index is 12.3. The third kappa shape index (κ3) is 4.80. The molecule has 0 aromatic heterocycles. The Morgan fingerprint density at radius 3 is 2.55 bits per heavy atom. The lowest BCUT2D eigenvalue weighted by atomic mass is 9.80. The molecule has 0 radical (unpaired) electrons. The Balaban J connectivity index is 1.53. The van der Waals surface area contributed by atoms with Crippen LogP contribution < -0.4 is 0 Å². The van der Waals surface area contributed by atoms with Crippen LogP contribution in [-0.2, 0) is 42.8 Å². The second-order valence-corrected chi connectivity index (χ2v) is 9.77. The third-order valence-electron chi connectivity index (χ3n) is 7.07. The molecular weight excluding hydrogens is 436 g/mol. The van der Waals surface area contributed by atoms with Crippen molar-refractivity contribution in [2.45, 2.75) is 76.3 Å². The maximum Gasteiger partial charge on any atom is 0.333 e. The molecule has 10 nitrogen and oxygen atoms in total. The Morgan fingerprint density at radius 1 is 1.24 bits per heavy atom. The number of hydrogen-bond donors (Lipinski definition) is 1. The molecule has 0 aromatic carbocycles. The summed E-state index contributed by atoms with van der Waals surface area (Å²) in [6.45, 7) is 8.95. The smallest absolute Gasteiger partial charge is 0.333 e. The molecule has 4 rings (SSSR count). The monoisotopic (exact) mass is 468 g/mol. The van der Waals surface area contributed by atoms with E-state index in [4.69, 9.17) is 28.4 Å². The minimum atomic E-state index is -1.76. The van der Waals surface area contributed by atoms with Crippen molar-refractivity contribution < 1.29 is 47.9 Å². The predicted octanol–water partition coefficient (Wildman–Crippen LogP) is 1.24. The van der Waals surface area contributed by atoms with Gasteiger partial charge in [0, 0.05) is 24.3 Å². The zero-order chi connectivity index (χ0) is 24.0. The van der Waals surface area contributed by atoms with Crippen LogP contribution in [0.25, 0.3) is 0 Å². The highest BCUT2D eigenvalue weighted by Gasteiger charge is 2.58. The van der Waals surface area contributed by atoms with Gasteiger partial charge in [0.15, 0.2) is 12.1 Å². The van der Waals surface area contributed by atoms with Crippen LogP contribution in [0, 0.1) is 17.8 Å². The van der Waals surface area contributed by atoms with Gasteiger partial charge in [-0.25, -0.2) is 4.79 Å². The molecule has 4 fully saturated rings. The number of esters is 3. The summed E-state index contributed by atoms with van der Waals surface area (Å²) >= 11 is 0. The first-order valence-corrected chi connectivity index (χ1v) is 11.4. The van der Waals surface area contributed by atoms with Crippen LogP contribution in [-0.4, -0.2) is 72.7 Å². The summed E-state index contributed by atoms with van der Waals surface area (Å²) in [6.07, 6.45) is -0.218. The van der Waals surface area contributed by atoms with E-state index in [9.17, 15) is 19.5 Å². The van der Waals surface area contributed by atoms with Crippen molar-refractivity contribution in [1.29, 1.82) is 0 Å². The van der Waals surface area contributed by atoms with E-state index in [-0.39, 0.29) is 30.7 Å². The Bertz CT molecular complexity index is 822. The predicted molar refractivity (Wildman–Crippen MR) is 110 cm³/mol. The van der Waals surface area contributed by atoms with Gasteiger partial charge in [0.1, 0.15) is 12.5 Å². The molecule has 10 heteroatoms. The average Bonchev–Trinajstić information content (AvgIpc) is 3.44. The lowest BCUT2D eigenvalue weighted by molar-refractivity contribution is -0.299. The maximum atomic E-state index is 12.3. The molecule has 33 heavy (non-hydrogen) atoms. The molecule has 4 saturated heterocycles. The molecular formula is C23H32O10. The second kappa shape index (κ2) is 8.98. The van der Waals surface area contributed by atoms with E-state index in [1.165, 1.54) is 6.92 Å². The van der Waals surface area contributed by atoms with E-state index in [2.05, 4.69) is 6.58 Å². The van der Waals surface area contributed by atoms with E-state index < -0.39 is 53.7 Å². The van der Waals surface area contributed by atoms with Crippen molar-refractivity contribution in [2.75, 3.05) is 19.8 Å². The van der Waals surface area contributed by atoms with Crippen LogP contribution in [0.15, 0.2) is 12.2 Å². The average molecular weight is 468 g/mol. The Morgan fingerprint density at radius 2 is 1.94 bits per heavy atom. The molecule has 1 N–H and O–H groups in total. The summed E-state index contributed by atoms with van der Waals surface area (Å²) in [5, 5.41) is 11.0. The summed E-state index contributed by atoms with van der Waals surface area (Å²) in [4.78, 5) is 36.2. The number of carbonyl (C=O) groups is 3. The van der Waals surface area contributed by atoms with Crippen LogP contribution in [0.5, 0.6) is 0 Å². The molecule has 0 bridgehead atoms. The first-order chi connectivity index (χ1) is 15.5. The normalized spacial score (nSPS) is 40.0. The van der Waals surface area contributed by atoms with E-state index in [1.54, 1.807) is 6.92 Å². The molecule has 7 unspecified atom stereocenters. The molecule has 4 aliphatic rings. The molecule has 0 aromatic rings.